The van der Waals surface area contributed by atoms with Crippen LogP contribution in [0.25, 0.3) is 44.0 Å². The van der Waals surface area contributed by atoms with Crippen LogP contribution in [0.2, 0.25) is 0 Å². The Kier molecular flexibility index (Phi) is 7.63. The zero-order chi connectivity index (χ0) is 30.5. The number of fused-ring (bicyclic) bond motifs is 4. The summed E-state index contributed by atoms with van der Waals surface area (Å²) in [5.41, 5.74) is 2.76. The number of halogens is 2. The Morgan fingerprint density at radius 2 is 1.95 bits per heavy atom. The number of nitrogens with zero attached hydrogens (tertiary/aromatic N) is 6. The first-order chi connectivity index (χ1) is 21.4. The Morgan fingerprint density at radius 3 is 2.73 bits per heavy atom. The first kappa shape index (κ1) is 28.9. The fourth-order valence-corrected chi connectivity index (χ4v) is 7.28. The SMILES string of the molecule is CNC[C@@H]1C[C@@H](n2nnc3c(O[C@@H](C)[C@@H]4CCCN4C)nc4c(F)c(-c5ncc(F)c6ccccc56)c(C)cc4c32)CCN1. The molecular weight excluding hydrogens is 562 g/mol. The molecule has 44 heavy (non-hydrogen) atoms. The molecule has 2 saturated heterocycles. The Bertz CT molecular complexity index is 1860. The van der Waals surface area contributed by atoms with E-state index >= 15 is 4.39 Å². The topological polar surface area (TPSA) is 93.0 Å². The maximum Gasteiger partial charge on any atom is 0.245 e. The van der Waals surface area contributed by atoms with E-state index in [1.165, 1.54) is 0 Å². The van der Waals surface area contributed by atoms with E-state index < -0.39 is 11.6 Å². The highest BCUT2D eigenvalue weighted by Crippen LogP contribution is 2.40. The highest BCUT2D eigenvalue weighted by atomic mass is 19.1. The Balaban J connectivity index is 1.44. The zero-order valence-corrected chi connectivity index (χ0v) is 25.6. The van der Waals surface area contributed by atoms with E-state index in [1.54, 1.807) is 24.3 Å². The summed E-state index contributed by atoms with van der Waals surface area (Å²) in [6.07, 6.45) is 4.81. The average molecular weight is 601 g/mol. The van der Waals surface area contributed by atoms with Crippen LogP contribution in [0, 0.1) is 18.6 Å². The van der Waals surface area contributed by atoms with Gasteiger partial charge in [-0.25, -0.2) is 18.4 Å². The largest absolute Gasteiger partial charge is 0.471 e. The summed E-state index contributed by atoms with van der Waals surface area (Å²) in [5, 5.41) is 17.6. The van der Waals surface area contributed by atoms with E-state index in [0.717, 1.165) is 57.0 Å². The van der Waals surface area contributed by atoms with Crippen molar-refractivity contribution in [2.45, 2.75) is 63.8 Å². The number of likely N-dealkylation sites (tertiary alicyclic amines) is 1. The summed E-state index contributed by atoms with van der Waals surface area (Å²) in [7, 11) is 4.05. The first-order valence-corrected chi connectivity index (χ1v) is 15.5. The fraction of sp³-hybridized carbons (Fsp3) is 0.455. The summed E-state index contributed by atoms with van der Waals surface area (Å²) in [6.45, 7) is 6.58. The number of aromatic nitrogens is 5. The van der Waals surface area contributed by atoms with Crippen molar-refractivity contribution in [3.63, 3.8) is 0 Å². The van der Waals surface area contributed by atoms with Crippen molar-refractivity contribution in [1.29, 1.82) is 0 Å². The van der Waals surface area contributed by atoms with Crippen molar-refractivity contribution in [1.82, 2.24) is 40.5 Å². The third kappa shape index (κ3) is 4.87. The third-order valence-electron chi connectivity index (χ3n) is 9.47. The van der Waals surface area contributed by atoms with Crippen LogP contribution in [-0.4, -0.2) is 81.8 Å². The van der Waals surface area contributed by atoms with Gasteiger partial charge in [0.1, 0.15) is 23.0 Å². The van der Waals surface area contributed by atoms with E-state index in [9.17, 15) is 4.39 Å². The molecule has 0 aliphatic carbocycles. The number of aryl methyl sites for hydroxylation is 1. The van der Waals surface area contributed by atoms with Crippen molar-refractivity contribution in [2.75, 3.05) is 33.7 Å². The van der Waals surface area contributed by atoms with Crippen molar-refractivity contribution in [3.8, 4) is 17.1 Å². The quantitative estimate of drug-likeness (QED) is 0.265. The molecule has 230 valence electrons. The van der Waals surface area contributed by atoms with Crippen LogP contribution in [0.15, 0.2) is 36.5 Å². The van der Waals surface area contributed by atoms with Crippen LogP contribution >= 0.6 is 0 Å². The van der Waals surface area contributed by atoms with Gasteiger partial charge < -0.3 is 15.4 Å². The van der Waals surface area contributed by atoms with Crippen molar-refractivity contribution >= 4 is 32.7 Å². The minimum Gasteiger partial charge on any atom is -0.471 e. The second-order valence-corrected chi connectivity index (χ2v) is 12.3. The lowest BCUT2D eigenvalue weighted by Gasteiger charge is -2.30. The van der Waals surface area contributed by atoms with Crippen LogP contribution < -0.4 is 15.4 Å². The number of pyridine rings is 2. The molecule has 2 fully saturated rings. The molecule has 2 aliphatic rings. The number of nitrogens with one attached hydrogen (secondary N) is 2. The molecule has 0 amide bonds. The van der Waals surface area contributed by atoms with Gasteiger partial charge in [0.2, 0.25) is 5.88 Å². The summed E-state index contributed by atoms with van der Waals surface area (Å²) in [5.74, 6) is -0.691. The number of likely N-dealkylation sites (N-methyl/N-ethyl adjacent to an activating group) is 2. The van der Waals surface area contributed by atoms with E-state index in [-0.39, 0.29) is 35.6 Å². The minimum atomic E-state index is -0.521. The molecule has 0 radical (unpaired) electrons. The molecule has 5 aromatic rings. The van der Waals surface area contributed by atoms with Gasteiger partial charge in [0.05, 0.1) is 17.9 Å². The molecule has 2 aliphatic heterocycles. The van der Waals surface area contributed by atoms with Crippen LogP contribution in [0.4, 0.5) is 8.78 Å². The molecule has 0 saturated carbocycles. The molecule has 2 N–H and O–H groups in total. The second kappa shape index (κ2) is 11.6. The normalized spacial score (nSPS) is 21.9. The minimum absolute atomic E-state index is 0.0715. The summed E-state index contributed by atoms with van der Waals surface area (Å²) in [6, 6.07) is 9.53. The number of benzene rings is 2. The Morgan fingerprint density at radius 1 is 1.14 bits per heavy atom. The van der Waals surface area contributed by atoms with Gasteiger partial charge in [-0.1, -0.05) is 29.5 Å². The molecule has 0 unspecified atom stereocenters. The summed E-state index contributed by atoms with van der Waals surface area (Å²) < 4.78 is 40.2. The van der Waals surface area contributed by atoms with E-state index in [2.05, 4.69) is 37.9 Å². The molecular formula is C33H38F2N8O. The average Bonchev–Trinajstić information content (AvgIpc) is 3.66. The Labute approximate surface area is 255 Å². The third-order valence-corrected chi connectivity index (χ3v) is 9.47. The maximum atomic E-state index is 17.0. The molecule has 2 aromatic carbocycles. The molecule has 5 heterocycles. The van der Waals surface area contributed by atoms with Gasteiger partial charge in [0, 0.05) is 40.4 Å². The van der Waals surface area contributed by atoms with Gasteiger partial charge in [-0.15, -0.1) is 5.10 Å². The highest BCUT2D eigenvalue weighted by molar-refractivity contribution is 6.07. The summed E-state index contributed by atoms with van der Waals surface area (Å²) >= 11 is 0. The molecule has 3 aromatic heterocycles. The van der Waals surface area contributed by atoms with E-state index in [4.69, 9.17) is 9.72 Å². The van der Waals surface area contributed by atoms with Gasteiger partial charge in [0.25, 0.3) is 0 Å². The standard InChI is InChI=1S/C33H38F2N8O/c1-18-14-24-30(28(35)27(18)29-23-9-6-5-8-22(23)25(34)17-38-29)39-33(44-19(2)26-10-7-13-42(26)4)31-32(24)43(41-40-31)21-11-12-37-20(15-21)16-36-3/h5-6,8-9,14,17,19-21,26,36-37H,7,10-13,15-16H2,1-4H3/t19-,20-,21-,26-/m0/s1. The van der Waals surface area contributed by atoms with Crippen LogP contribution in [0.5, 0.6) is 5.88 Å². The monoisotopic (exact) mass is 600 g/mol. The molecule has 0 spiro atoms. The van der Waals surface area contributed by atoms with Crippen LogP contribution in [0.1, 0.15) is 44.2 Å². The van der Waals surface area contributed by atoms with Crippen molar-refractivity contribution in [3.05, 3.63) is 53.7 Å². The molecule has 11 heteroatoms. The molecule has 0 bridgehead atoms. The fourth-order valence-electron chi connectivity index (χ4n) is 7.28. The number of hydrogen-bond acceptors (Lipinski definition) is 8. The van der Waals surface area contributed by atoms with Gasteiger partial charge >= 0.3 is 0 Å². The Hall–Kier alpha value is -3.80. The molecule has 7 rings (SSSR count). The number of ether oxygens (including phenoxy) is 1. The number of rotatable bonds is 7. The van der Waals surface area contributed by atoms with Gasteiger partial charge in [-0.05, 0) is 78.3 Å². The lowest BCUT2D eigenvalue weighted by atomic mass is 9.96. The predicted octanol–water partition coefficient (Wildman–Crippen LogP) is 5.16. The van der Waals surface area contributed by atoms with Crippen molar-refractivity contribution < 1.29 is 13.5 Å². The first-order valence-electron chi connectivity index (χ1n) is 15.5. The van der Waals surface area contributed by atoms with E-state index in [1.807, 2.05) is 31.6 Å². The smallest absolute Gasteiger partial charge is 0.245 e. The maximum absolute atomic E-state index is 17.0. The lowest BCUT2D eigenvalue weighted by Crippen LogP contribution is -2.44. The predicted molar refractivity (Wildman–Crippen MR) is 168 cm³/mol. The van der Waals surface area contributed by atoms with Crippen LogP contribution in [0.3, 0.4) is 0 Å². The molecule has 9 nitrogen and oxygen atoms in total. The molecule has 4 atom stereocenters. The van der Waals surface area contributed by atoms with Gasteiger partial charge in [-0.2, -0.15) is 0 Å². The lowest BCUT2D eigenvalue weighted by molar-refractivity contribution is 0.118. The number of piperidine rings is 1. The van der Waals surface area contributed by atoms with Crippen LogP contribution in [-0.2, 0) is 0 Å². The van der Waals surface area contributed by atoms with Gasteiger partial charge in [-0.3, -0.25) is 9.88 Å². The highest BCUT2D eigenvalue weighted by Gasteiger charge is 2.32. The van der Waals surface area contributed by atoms with Crippen molar-refractivity contribution in [2.24, 2.45) is 0 Å². The number of hydrogen-bond donors (Lipinski definition) is 2. The van der Waals surface area contributed by atoms with Gasteiger partial charge in [0.15, 0.2) is 11.3 Å². The van der Waals surface area contributed by atoms with E-state index in [0.29, 0.717) is 38.5 Å². The summed E-state index contributed by atoms with van der Waals surface area (Å²) in [4.78, 5) is 11.5. The zero-order valence-electron chi connectivity index (χ0n) is 25.6. The second-order valence-electron chi connectivity index (χ2n) is 12.3.